The molecule has 0 aromatic rings. The summed E-state index contributed by atoms with van der Waals surface area (Å²) < 4.78 is 0. The van der Waals surface area contributed by atoms with Gasteiger partial charge in [-0.2, -0.15) is 11.8 Å². The minimum Gasteiger partial charge on any atom is -0.395 e. The molecule has 78 valence electrons. The predicted molar refractivity (Wildman–Crippen MR) is 59.2 cm³/mol. The average molecular weight is 203 g/mol. The largest absolute Gasteiger partial charge is 0.395 e. The monoisotopic (exact) mass is 203 g/mol. The number of hydrogen-bond donors (Lipinski definition) is 2. The van der Waals surface area contributed by atoms with E-state index in [2.05, 4.69) is 5.32 Å². The summed E-state index contributed by atoms with van der Waals surface area (Å²) in [5, 5.41) is 12.0. The van der Waals surface area contributed by atoms with Crippen LogP contribution in [-0.2, 0) is 0 Å². The Bertz CT molecular complexity index is 120. The Balaban J connectivity index is 1.98. The molecule has 2 nitrogen and oxygen atoms in total. The van der Waals surface area contributed by atoms with Crippen molar-refractivity contribution in [2.75, 3.05) is 25.2 Å². The first-order chi connectivity index (χ1) is 6.36. The van der Waals surface area contributed by atoms with Gasteiger partial charge >= 0.3 is 0 Å². The summed E-state index contributed by atoms with van der Waals surface area (Å²) in [4.78, 5) is 0. The van der Waals surface area contributed by atoms with Gasteiger partial charge < -0.3 is 10.4 Å². The standard InChI is InChI=1S/C10H21NOS/c1-11-10(6-12)8-13-7-9-4-2-3-5-9/h9-12H,2-8H2,1H3. The fourth-order valence-electron chi connectivity index (χ4n) is 1.78. The van der Waals surface area contributed by atoms with Gasteiger partial charge in [0, 0.05) is 11.8 Å². The van der Waals surface area contributed by atoms with Crippen molar-refractivity contribution in [1.29, 1.82) is 0 Å². The topological polar surface area (TPSA) is 32.3 Å². The van der Waals surface area contributed by atoms with Gasteiger partial charge in [-0.15, -0.1) is 0 Å². The molecule has 0 bridgehead atoms. The molecule has 0 aromatic carbocycles. The second-order valence-corrected chi connectivity index (χ2v) is 4.93. The smallest absolute Gasteiger partial charge is 0.0592 e. The van der Waals surface area contributed by atoms with Crippen LogP contribution >= 0.6 is 11.8 Å². The third-order valence-electron chi connectivity index (χ3n) is 2.78. The zero-order valence-electron chi connectivity index (χ0n) is 8.46. The Morgan fingerprint density at radius 3 is 2.69 bits per heavy atom. The lowest BCUT2D eigenvalue weighted by molar-refractivity contribution is 0.260. The molecule has 1 unspecified atom stereocenters. The van der Waals surface area contributed by atoms with Gasteiger partial charge in [-0.25, -0.2) is 0 Å². The summed E-state index contributed by atoms with van der Waals surface area (Å²) in [6.45, 7) is 0.258. The summed E-state index contributed by atoms with van der Waals surface area (Å²) in [5.41, 5.74) is 0. The van der Waals surface area contributed by atoms with E-state index in [-0.39, 0.29) is 12.6 Å². The summed E-state index contributed by atoms with van der Waals surface area (Å²) in [6.07, 6.45) is 5.72. The van der Waals surface area contributed by atoms with Crippen molar-refractivity contribution < 1.29 is 5.11 Å². The van der Waals surface area contributed by atoms with Crippen molar-refractivity contribution >= 4 is 11.8 Å². The molecule has 0 radical (unpaired) electrons. The molecule has 0 spiro atoms. The van der Waals surface area contributed by atoms with Gasteiger partial charge in [-0.1, -0.05) is 12.8 Å². The Labute approximate surface area is 85.5 Å². The van der Waals surface area contributed by atoms with E-state index in [1.165, 1.54) is 31.4 Å². The molecule has 13 heavy (non-hydrogen) atoms. The maximum atomic E-state index is 8.94. The van der Waals surface area contributed by atoms with Crippen LogP contribution in [0, 0.1) is 5.92 Å². The van der Waals surface area contributed by atoms with Crippen molar-refractivity contribution in [1.82, 2.24) is 5.32 Å². The van der Waals surface area contributed by atoms with Crippen LogP contribution in [0.3, 0.4) is 0 Å². The molecule has 0 heterocycles. The highest BCUT2D eigenvalue weighted by atomic mass is 32.2. The van der Waals surface area contributed by atoms with Crippen molar-refractivity contribution in [2.24, 2.45) is 5.92 Å². The van der Waals surface area contributed by atoms with E-state index in [0.717, 1.165) is 11.7 Å². The van der Waals surface area contributed by atoms with Crippen LogP contribution in [-0.4, -0.2) is 36.3 Å². The minimum atomic E-state index is 0.258. The number of aliphatic hydroxyl groups excluding tert-OH is 1. The SMILES string of the molecule is CNC(CO)CSCC1CCCC1. The highest BCUT2D eigenvalue weighted by molar-refractivity contribution is 7.99. The normalized spacial score (nSPS) is 20.8. The van der Waals surface area contributed by atoms with Crippen LogP contribution < -0.4 is 5.32 Å². The summed E-state index contributed by atoms with van der Waals surface area (Å²) in [5.74, 6) is 3.29. The van der Waals surface area contributed by atoms with Crippen molar-refractivity contribution in [3.05, 3.63) is 0 Å². The molecular formula is C10H21NOS. The molecule has 1 aliphatic rings. The first-order valence-corrected chi connectivity index (χ1v) is 6.38. The number of aliphatic hydroxyl groups is 1. The summed E-state index contributed by atoms with van der Waals surface area (Å²) in [6, 6.07) is 0.284. The molecule has 1 fully saturated rings. The first kappa shape index (κ1) is 11.3. The molecule has 0 amide bonds. The lowest BCUT2D eigenvalue weighted by atomic mass is 10.1. The predicted octanol–water partition coefficient (Wildman–Crippen LogP) is 1.49. The quantitative estimate of drug-likeness (QED) is 0.686. The van der Waals surface area contributed by atoms with Crippen molar-refractivity contribution in [3.8, 4) is 0 Å². The van der Waals surface area contributed by atoms with E-state index in [4.69, 9.17) is 5.11 Å². The maximum absolute atomic E-state index is 8.94. The second-order valence-electron chi connectivity index (χ2n) is 3.86. The van der Waals surface area contributed by atoms with Crippen LogP contribution in [0.5, 0.6) is 0 Å². The lowest BCUT2D eigenvalue weighted by Crippen LogP contribution is -2.31. The first-order valence-electron chi connectivity index (χ1n) is 5.22. The Hall–Kier alpha value is 0.270. The second kappa shape index (κ2) is 6.68. The number of nitrogens with one attached hydrogen (secondary N) is 1. The van der Waals surface area contributed by atoms with E-state index in [1.54, 1.807) is 0 Å². The van der Waals surface area contributed by atoms with E-state index in [1.807, 2.05) is 18.8 Å². The zero-order valence-corrected chi connectivity index (χ0v) is 9.28. The van der Waals surface area contributed by atoms with Gasteiger partial charge in [-0.3, -0.25) is 0 Å². The van der Waals surface area contributed by atoms with Crippen LogP contribution in [0.15, 0.2) is 0 Å². The molecule has 1 saturated carbocycles. The number of likely N-dealkylation sites (N-methyl/N-ethyl adjacent to an activating group) is 1. The lowest BCUT2D eigenvalue weighted by Gasteiger charge is -2.14. The Morgan fingerprint density at radius 2 is 2.15 bits per heavy atom. The number of thioether (sulfide) groups is 1. The van der Waals surface area contributed by atoms with Gasteiger partial charge in [0.25, 0.3) is 0 Å². The molecule has 2 N–H and O–H groups in total. The molecule has 1 aliphatic carbocycles. The van der Waals surface area contributed by atoms with E-state index >= 15 is 0 Å². The van der Waals surface area contributed by atoms with Crippen LogP contribution in [0.2, 0.25) is 0 Å². The van der Waals surface area contributed by atoms with Crippen LogP contribution in [0.25, 0.3) is 0 Å². The molecular weight excluding hydrogens is 182 g/mol. The van der Waals surface area contributed by atoms with E-state index in [0.29, 0.717) is 0 Å². The minimum absolute atomic E-state index is 0.258. The molecule has 0 aliphatic heterocycles. The van der Waals surface area contributed by atoms with Gasteiger partial charge in [-0.05, 0) is 31.6 Å². The molecule has 1 atom stereocenters. The molecule has 0 saturated heterocycles. The molecule has 3 heteroatoms. The average Bonchev–Trinajstić information content (AvgIpc) is 2.65. The fourth-order valence-corrected chi connectivity index (χ4v) is 3.14. The summed E-state index contributed by atoms with van der Waals surface area (Å²) in [7, 11) is 1.91. The van der Waals surface area contributed by atoms with Crippen molar-refractivity contribution in [2.45, 2.75) is 31.7 Å². The Kier molecular flexibility index (Phi) is 5.83. The van der Waals surface area contributed by atoms with Crippen LogP contribution in [0.1, 0.15) is 25.7 Å². The van der Waals surface area contributed by atoms with E-state index < -0.39 is 0 Å². The Morgan fingerprint density at radius 1 is 1.46 bits per heavy atom. The van der Waals surface area contributed by atoms with Gasteiger partial charge in [0.2, 0.25) is 0 Å². The molecule has 1 rings (SSSR count). The van der Waals surface area contributed by atoms with E-state index in [9.17, 15) is 0 Å². The zero-order chi connectivity index (χ0) is 9.52. The van der Waals surface area contributed by atoms with Gasteiger partial charge in [0.1, 0.15) is 0 Å². The van der Waals surface area contributed by atoms with Gasteiger partial charge in [0.05, 0.1) is 6.61 Å². The highest BCUT2D eigenvalue weighted by Crippen LogP contribution is 2.27. The van der Waals surface area contributed by atoms with Crippen LogP contribution in [0.4, 0.5) is 0 Å². The number of hydrogen-bond acceptors (Lipinski definition) is 3. The van der Waals surface area contributed by atoms with Gasteiger partial charge in [0.15, 0.2) is 0 Å². The molecule has 0 aromatic heterocycles. The van der Waals surface area contributed by atoms with Crippen molar-refractivity contribution in [3.63, 3.8) is 0 Å². The third kappa shape index (κ3) is 4.34. The maximum Gasteiger partial charge on any atom is 0.0592 e. The third-order valence-corrected chi connectivity index (χ3v) is 4.12. The highest BCUT2D eigenvalue weighted by Gasteiger charge is 2.15. The summed E-state index contributed by atoms with van der Waals surface area (Å²) >= 11 is 1.99. The fraction of sp³-hybridized carbons (Fsp3) is 1.00. The number of rotatable bonds is 6.